The van der Waals surface area contributed by atoms with Crippen LogP contribution in [-0.2, 0) is 11.3 Å². The van der Waals surface area contributed by atoms with Gasteiger partial charge in [0.1, 0.15) is 0 Å². The fourth-order valence-electron chi connectivity index (χ4n) is 2.94. The standard InChI is InChI=1S/C17H13NO2S/c19-15(20)9-10-18-13-7-3-1-5-11(13)17-16(18)12-6-2-4-8-14(12)21-17/h1-8H,9-10H2,(H,19,20). The van der Waals surface area contributed by atoms with Crippen LogP contribution in [0, 0.1) is 0 Å². The molecule has 104 valence electrons. The van der Waals surface area contributed by atoms with E-state index in [1.807, 2.05) is 24.3 Å². The lowest BCUT2D eigenvalue weighted by molar-refractivity contribution is -0.137. The molecule has 2 aromatic carbocycles. The predicted octanol–water partition coefficient (Wildman–Crippen LogP) is 4.48. The van der Waals surface area contributed by atoms with Crippen LogP contribution in [-0.4, -0.2) is 15.6 Å². The number of aliphatic carboxylic acids is 1. The Bertz CT molecular complexity index is 974. The van der Waals surface area contributed by atoms with E-state index in [1.165, 1.54) is 20.2 Å². The summed E-state index contributed by atoms with van der Waals surface area (Å²) in [6, 6.07) is 16.5. The molecule has 1 N–H and O–H groups in total. The van der Waals surface area contributed by atoms with Crippen molar-refractivity contribution in [3.63, 3.8) is 0 Å². The Hall–Kier alpha value is -2.33. The molecule has 0 aliphatic rings. The summed E-state index contributed by atoms with van der Waals surface area (Å²) >= 11 is 1.78. The van der Waals surface area contributed by atoms with E-state index in [4.69, 9.17) is 5.11 Å². The Kier molecular flexibility index (Phi) is 2.72. The van der Waals surface area contributed by atoms with Crippen LogP contribution in [0.15, 0.2) is 48.5 Å². The second kappa shape index (κ2) is 4.60. The van der Waals surface area contributed by atoms with Crippen LogP contribution in [0.3, 0.4) is 0 Å². The van der Waals surface area contributed by atoms with E-state index in [2.05, 4.69) is 28.8 Å². The number of aromatic nitrogens is 1. The quantitative estimate of drug-likeness (QED) is 0.605. The van der Waals surface area contributed by atoms with Crippen molar-refractivity contribution < 1.29 is 9.90 Å². The average molecular weight is 295 g/mol. The number of para-hydroxylation sites is 1. The van der Waals surface area contributed by atoms with Crippen LogP contribution in [0.1, 0.15) is 6.42 Å². The first-order valence-corrected chi connectivity index (χ1v) is 7.67. The van der Waals surface area contributed by atoms with E-state index in [9.17, 15) is 4.79 Å². The summed E-state index contributed by atoms with van der Waals surface area (Å²) in [7, 11) is 0. The van der Waals surface area contributed by atoms with Crippen molar-refractivity contribution in [2.75, 3.05) is 0 Å². The third-order valence-corrected chi connectivity index (χ3v) is 5.02. The van der Waals surface area contributed by atoms with Gasteiger partial charge in [-0.3, -0.25) is 4.79 Å². The summed E-state index contributed by atoms with van der Waals surface area (Å²) in [4.78, 5) is 11.0. The van der Waals surface area contributed by atoms with Crippen LogP contribution in [0.5, 0.6) is 0 Å². The molecule has 0 aliphatic carbocycles. The summed E-state index contributed by atoms with van der Waals surface area (Å²) in [5.41, 5.74) is 2.28. The molecule has 0 amide bonds. The molecule has 0 bridgehead atoms. The van der Waals surface area contributed by atoms with Crippen LogP contribution < -0.4 is 0 Å². The SMILES string of the molecule is O=C(O)CCn1c2ccccc2c2sc3ccccc3c21. The van der Waals surface area contributed by atoms with Crippen LogP contribution >= 0.6 is 11.3 Å². The minimum Gasteiger partial charge on any atom is -0.481 e. The number of carboxylic acids is 1. The number of carbonyl (C=O) groups is 1. The minimum absolute atomic E-state index is 0.137. The maximum atomic E-state index is 11.0. The van der Waals surface area contributed by atoms with Gasteiger partial charge in [0.15, 0.2) is 0 Å². The molecular formula is C17H13NO2S. The van der Waals surface area contributed by atoms with Crippen LogP contribution in [0.25, 0.3) is 31.2 Å². The summed E-state index contributed by atoms with van der Waals surface area (Å²) in [5.74, 6) is -0.763. The van der Waals surface area contributed by atoms with Gasteiger partial charge in [-0.2, -0.15) is 0 Å². The molecule has 0 aliphatic heterocycles. The largest absolute Gasteiger partial charge is 0.481 e. The van der Waals surface area contributed by atoms with Crippen molar-refractivity contribution in [2.24, 2.45) is 0 Å². The van der Waals surface area contributed by atoms with Crippen LogP contribution in [0.4, 0.5) is 0 Å². The summed E-state index contributed by atoms with van der Waals surface area (Å²) in [6.07, 6.45) is 0.137. The molecule has 4 aromatic rings. The van der Waals surface area contributed by atoms with Gasteiger partial charge in [-0.05, 0) is 12.1 Å². The number of benzene rings is 2. The lowest BCUT2D eigenvalue weighted by Gasteiger charge is -2.05. The monoisotopic (exact) mass is 295 g/mol. The number of hydrogen-bond acceptors (Lipinski definition) is 2. The van der Waals surface area contributed by atoms with Crippen molar-refractivity contribution in [3.05, 3.63) is 48.5 Å². The molecule has 2 heterocycles. The van der Waals surface area contributed by atoms with Gasteiger partial charge in [0, 0.05) is 27.5 Å². The minimum atomic E-state index is -0.763. The molecule has 2 aromatic heterocycles. The van der Waals surface area contributed by atoms with Crippen molar-refractivity contribution in [1.29, 1.82) is 0 Å². The van der Waals surface area contributed by atoms with E-state index >= 15 is 0 Å². The maximum absolute atomic E-state index is 11.0. The number of fused-ring (bicyclic) bond motifs is 5. The first-order valence-electron chi connectivity index (χ1n) is 6.86. The molecule has 0 radical (unpaired) electrons. The molecule has 0 atom stereocenters. The number of carboxylic acid groups (broad SMARTS) is 1. The fraction of sp³-hybridized carbons (Fsp3) is 0.118. The molecule has 0 saturated carbocycles. The van der Waals surface area contributed by atoms with Crippen molar-refractivity contribution in [3.8, 4) is 0 Å². The van der Waals surface area contributed by atoms with Crippen molar-refractivity contribution in [2.45, 2.75) is 13.0 Å². The summed E-state index contributed by atoms with van der Waals surface area (Å²) < 4.78 is 4.65. The first kappa shape index (κ1) is 12.4. The van der Waals surface area contributed by atoms with Gasteiger partial charge in [0.05, 0.1) is 16.6 Å². The predicted molar refractivity (Wildman–Crippen MR) is 87.1 cm³/mol. The fourth-order valence-corrected chi connectivity index (χ4v) is 4.18. The average Bonchev–Trinajstić information content (AvgIpc) is 3.00. The third kappa shape index (κ3) is 1.83. The van der Waals surface area contributed by atoms with Crippen LogP contribution in [0.2, 0.25) is 0 Å². The third-order valence-electron chi connectivity index (χ3n) is 3.83. The zero-order chi connectivity index (χ0) is 14.4. The van der Waals surface area contributed by atoms with Gasteiger partial charge in [-0.1, -0.05) is 36.4 Å². The van der Waals surface area contributed by atoms with Crippen molar-refractivity contribution in [1.82, 2.24) is 4.57 Å². The highest BCUT2D eigenvalue weighted by atomic mass is 32.1. The molecule has 0 fully saturated rings. The Morgan fingerprint density at radius 2 is 1.76 bits per heavy atom. The van der Waals surface area contributed by atoms with Gasteiger partial charge in [-0.15, -0.1) is 11.3 Å². The molecule has 3 nitrogen and oxygen atoms in total. The Morgan fingerprint density at radius 1 is 1.05 bits per heavy atom. The van der Waals surface area contributed by atoms with Gasteiger partial charge in [0.25, 0.3) is 0 Å². The molecular weight excluding hydrogens is 282 g/mol. The zero-order valence-corrected chi connectivity index (χ0v) is 12.1. The second-order valence-electron chi connectivity index (χ2n) is 5.09. The molecule has 0 spiro atoms. The lowest BCUT2D eigenvalue weighted by atomic mass is 10.2. The topological polar surface area (TPSA) is 42.2 Å². The molecule has 0 saturated heterocycles. The van der Waals surface area contributed by atoms with E-state index in [1.54, 1.807) is 11.3 Å². The maximum Gasteiger partial charge on any atom is 0.305 e. The number of hydrogen-bond donors (Lipinski definition) is 1. The smallest absolute Gasteiger partial charge is 0.305 e. The second-order valence-corrected chi connectivity index (χ2v) is 6.14. The molecule has 0 unspecified atom stereocenters. The number of rotatable bonds is 3. The van der Waals surface area contributed by atoms with E-state index in [-0.39, 0.29) is 6.42 Å². The Morgan fingerprint density at radius 3 is 2.57 bits per heavy atom. The molecule has 4 heteroatoms. The van der Waals surface area contributed by atoms with Crippen molar-refractivity contribution >= 4 is 48.5 Å². The van der Waals surface area contributed by atoms with Gasteiger partial charge in [0.2, 0.25) is 0 Å². The van der Waals surface area contributed by atoms with Gasteiger partial charge < -0.3 is 9.67 Å². The highest BCUT2D eigenvalue weighted by Crippen LogP contribution is 2.40. The normalized spacial score (nSPS) is 11.6. The number of aryl methyl sites for hydroxylation is 1. The van der Waals surface area contributed by atoms with E-state index in [0.717, 1.165) is 11.0 Å². The highest BCUT2D eigenvalue weighted by Gasteiger charge is 2.16. The zero-order valence-electron chi connectivity index (χ0n) is 11.2. The van der Waals surface area contributed by atoms with Gasteiger partial charge in [-0.25, -0.2) is 0 Å². The summed E-state index contributed by atoms with van der Waals surface area (Å²) in [6.45, 7) is 0.500. The number of thiophene rings is 1. The van der Waals surface area contributed by atoms with E-state index < -0.39 is 5.97 Å². The van der Waals surface area contributed by atoms with E-state index in [0.29, 0.717) is 6.54 Å². The number of nitrogens with zero attached hydrogens (tertiary/aromatic N) is 1. The molecule has 21 heavy (non-hydrogen) atoms. The Labute approximate surface area is 125 Å². The molecule has 4 rings (SSSR count). The lowest BCUT2D eigenvalue weighted by Crippen LogP contribution is -2.04. The highest BCUT2D eigenvalue weighted by molar-refractivity contribution is 7.26. The van der Waals surface area contributed by atoms with Gasteiger partial charge >= 0.3 is 5.97 Å². The first-order chi connectivity index (χ1) is 10.3. The summed E-state index contributed by atoms with van der Waals surface area (Å²) in [5, 5.41) is 11.4. The Balaban J connectivity index is 2.11.